The predicted molar refractivity (Wildman–Crippen MR) is 76.2 cm³/mol. The molecule has 0 saturated heterocycles. The number of rotatable bonds is 3. The Balaban J connectivity index is 2.87. The van der Waals surface area contributed by atoms with Crippen molar-refractivity contribution >= 4 is 5.97 Å². The molecule has 0 radical (unpaired) electrons. The smallest absolute Gasteiger partial charge is 0.339 e. The van der Waals surface area contributed by atoms with Crippen molar-refractivity contribution in [1.82, 2.24) is 0 Å². The van der Waals surface area contributed by atoms with Gasteiger partial charge < -0.3 is 9.47 Å². The lowest BCUT2D eigenvalue weighted by Gasteiger charge is -2.22. The summed E-state index contributed by atoms with van der Waals surface area (Å²) in [5.41, 5.74) is 0.698. The van der Waals surface area contributed by atoms with Crippen LogP contribution < -0.4 is 0 Å². The van der Waals surface area contributed by atoms with E-state index in [4.69, 9.17) is 9.47 Å². The van der Waals surface area contributed by atoms with Gasteiger partial charge in [0.15, 0.2) is 0 Å². The predicted octanol–water partition coefficient (Wildman–Crippen LogP) is 3.96. The lowest BCUT2D eigenvalue weighted by atomic mass is 10.1. The molecule has 3 nitrogen and oxygen atoms in total. The van der Waals surface area contributed by atoms with Crippen LogP contribution in [0.4, 0.5) is 0 Å². The van der Waals surface area contributed by atoms with Crippen molar-refractivity contribution < 1.29 is 14.3 Å². The number of carbonyl (C=O) groups is 1. The molecule has 0 aromatic heterocycles. The summed E-state index contributed by atoms with van der Waals surface area (Å²) in [6.45, 7) is 12.0. The molecule has 0 bridgehead atoms. The molecule has 0 atom stereocenters. The van der Waals surface area contributed by atoms with Gasteiger partial charge in [-0.2, -0.15) is 0 Å². The van der Waals surface area contributed by atoms with Crippen LogP contribution in [0.2, 0.25) is 0 Å². The van der Waals surface area contributed by atoms with E-state index in [0.717, 1.165) is 5.56 Å². The molecule has 0 aliphatic heterocycles. The molecular formula is C16H24O3. The van der Waals surface area contributed by atoms with Crippen molar-refractivity contribution in [2.45, 2.75) is 59.4 Å². The molecule has 0 aliphatic rings. The van der Waals surface area contributed by atoms with E-state index in [-0.39, 0.29) is 11.6 Å². The van der Waals surface area contributed by atoms with Gasteiger partial charge in [0.05, 0.1) is 17.8 Å². The zero-order valence-corrected chi connectivity index (χ0v) is 12.7. The third kappa shape index (κ3) is 5.88. The van der Waals surface area contributed by atoms with E-state index in [0.29, 0.717) is 12.2 Å². The molecule has 1 aromatic rings. The third-order valence-electron chi connectivity index (χ3n) is 2.30. The molecule has 106 valence electrons. The van der Waals surface area contributed by atoms with Gasteiger partial charge in [-0.15, -0.1) is 0 Å². The fourth-order valence-electron chi connectivity index (χ4n) is 1.47. The van der Waals surface area contributed by atoms with Crippen molar-refractivity contribution in [3.05, 3.63) is 35.4 Å². The molecule has 0 fully saturated rings. The van der Waals surface area contributed by atoms with Gasteiger partial charge in [0.25, 0.3) is 0 Å². The first-order valence-electron chi connectivity index (χ1n) is 6.54. The van der Waals surface area contributed by atoms with Crippen LogP contribution in [-0.2, 0) is 16.1 Å². The Morgan fingerprint density at radius 1 is 1.00 bits per heavy atom. The fourth-order valence-corrected chi connectivity index (χ4v) is 1.47. The minimum atomic E-state index is -0.491. The van der Waals surface area contributed by atoms with Crippen molar-refractivity contribution in [2.24, 2.45) is 0 Å². The minimum absolute atomic E-state index is 0.235. The summed E-state index contributed by atoms with van der Waals surface area (Å²) in [6.07, 6.45) is 0. The first-order valence-corrected chi connectivity index (χ1v) is 6.54. The van der Waals surface area contributed by atoms with Gasteiger partial charge in [0.2, 0.25) is 0 Å². The highest BCUT2D eigenvalue weighted by Crippen LogP contribution is 2.18. The molecule has 0 saturated carbocycles. The van der Waals surface area contributed by atoms with Crippen LogP contribution in [0.1, 0.15) is 57.5 Å². The number of carbonyl (C=O) groups excluding carboxylic acids is 1. The monoisotopic (exact) mass is 264 g/mol. The Bertz CT molecular complexity index is 436. The van der Waals surface area contributed by atoms with Gasteiger partial charge in [-0.1, -0.05) is 18.2 Å². The zero-order chi connectivity index (χ0) is 14.7. The van der Waals surface area contributed by atoms with E-state index in [2.05, 4.69) is 0 Å². The number of benzene rings is 1. The van der Waals surface area contributed by atoms with Crippen LogP contribution in [0, 0.1) is 0 Å². The average Bonchev–Trinajstić information content (AvgIpc) is 2.23. The van der Waals surface area contributed by atoms with Crippen molar-refractivity contribution in [1.29, 1.82) is 0 Å². The van der Waals surface area contributed by atoms with Crippen LogP contribution >= 0.6 is 0 Å². The topological polar surface area (TPSA) is 35.5 Å². The maximum Gasteiger partial charge on any atom is 0.339 e. The maximum absolute atomic E-state index is 12.1. The molecule has 0 aliphatic carbocycles. The van der Waals surface area contributed by atoms with Crippen LogP contribution in [-0.4, -0.2) is 17.2 Å². The minimum Gasteiger partial charge on any atom is -0.456 e. The molecule has 0 N–H and O–H groups in total. The van der Waals surface area contributed by atoms with Crippen LogP contribution in [0.3, 0.4) is 0 Å². The Morgan fingerprint density at radius 3 is 2.11 bits per heavy atom. The first kappa shape index (κ1) is 15.7. The van der Waals surface area contributed by atoms with Gasteiger partial charge in [-0.3, -0.25) is 0 Å². The van der Waals surface area contributed by atoms with E-state index in [9.17, 15) is 4.79 Å². The third-order valence-corrected chi connectivity index (χ3v) is 2.30. The molecule has 0 heterocycles. The molecule has 0 unspecified atom stereocenters. The normalized spacial score (nSPS) is 12.3. The van der Waals surface area contributed by atoms with Gasteiger partial charge in [0.1, 0.15) is 5.60 Å². The first-order chi connectivity index (χ1) is 8.58. The number of ether oxygens (including phenoxy) is 2. The van der Waals surface area contributed by atoms with Gasteiger partial charge in [-0.25, -0.2) is 4.79 Å². The van der Waals surface area contributed by atoms with Crippen molar-refractivity contribution in [3.63, 3.8) is 0 Å². The van der Waals surface area contributed by atoms with Gasteiger partial charge >= 0.3 is 5.97 Å². The highest BCUT2D eigenvalue weighted by atomic mass is 16.6. The van der Waals surface area contributed by atoms with E-state index < -0.39 is 5.60 Å². The van der Waals surface area contributed by atoms with E-state index in [1.54, 1.807) is 6.07 Å². The molecule has 3 heteroatoms. The summed E-state index contributed by atoms with van der Waals surface area (Å²) in [7, 11) is 0. The Labute approximate surface area is 115 Å². The number of hydrogen-bond acceptors (Lipinski definition) is 3. The maximum atomic E-state index is 12.1. The summed E-state index contributed by atoms with van der Waals surface area (Å²) in [5.74, 6) is -0.305. The molecule has 0 amide bonds. The SMILES string of the molecule is CC(C)(C)OCc1ccccc1C(=O)OC(C)(C)C. The fraction of sp³-hybridized carbons (Fsp3) is 0.562. The summed E-state index contributed by atoms with van der Waals surface area (Å²) in [5, 5.41) is 0. The summed E-state index contributed by atoms with van der Waals surface area (Å²) >= 11 is 0. The second-order valence-electron chi connectivity index (χ2n) is 6.56. The highest BCUT2D eigenvalue weighted by molar-refractivity contribution is 5.91. The highest BCUT2D eigenvalue weighted by Gasteiger charge is 2.20. The molecular weight excluding hydrogens is 240 g/mol. The Hall–Kier alpha value is -1.35. The standard InChI is InChI=1S/C16H24O3/c1-15(2,3)18-11-12-9-7-8-10-13(12)14(17)19-16(4,5)6/h7-10H,11H2,1-6H3. The van der Waals surface area contributed by atoms with Crippen LogP contribution in [0.5, 0.6) is 0 Å². The van der Waals surface area contributed by atoms with Crippen LogP contribution in [0.25, 0.3) is 0 Å². The van der Waals surface area contributed by atoms with Crippen LogP contribution in [0.15, 0.2) is 24.3 Å². The summed E-state index contributed by atoms with van der Waals surface area (Å²) < 4.78 is 11.1. The number of hydrogen-bond donors (Lipinski definition) is 0. The molecule has 1 aromatic carbocycles. The summed E-state index contributed by atoms with van der Waals surface area (Å²) in [6, 6.07) is 7.40. The lowest BCUT2D eigenvalue weighted by Crippen LogP contribution is -2.25. The molecule has 19 heavy (non-hydrogen) atoms. The van der Waals surface area contributed by atoms with E-state index >= 15 is 0 Å². The molecule has 0 spiro atoms. The van der Waals surface area contributed by atoms with Crippen molar-refractivity contribution in [2.75, 3.05) is 0 Å². The second-order valence-corrected chi connectivity index (χ2v) is 6.56. The summed E-state index contributed by atoms with van der Waals surface area (Å²) in [4.78, 5) is 12.1. The van der Waals surface area contributed by atoms with E-state index in [1.165, 1.54) is 0 Å². The largest absolute Gasteiger partial charge is 0.456 e. The zero-order valence-electron chi connectivity index (χ0n) is 12.7. The molecule has 1 rings (SSSR count). The Kier molecular flexibility index (Phi) is 4.75. The van der Waals surface area contributed by atoms with Gasteiger partial charge in [0, 0.05) is 0 Å². The van der Waals surface area contributed by atoms with Gasteiger partial charge in [-0.05, 0) is 53.2 Å². The Morgan fingerprint density at radius 2 is 1.58 bits per heavy atom. The quantitative estimate of drug-likeness (QED) is 0.775. The number of esters is 1. The lowest BCUT2D eigenvalue weighted by molar-refractivity contribution is -0.0167. The second kappa shape index (κ2) is 5.74. The average molecular weight is 264 g/mol. The van der Waals surface area contributed by atoms with E-state index in [1.807, 2.05) is 59.7 Å². The van der Waals surface area contributed by atoms with Crippen molar-refractivity contribution in [3.8, 4) is 0 Å².